The molecule has 2 amide bonds. The molecule has 1 heterocycles. The number of aromatic nitrogens is 2. The zero-order chi connectivity index (χ0) is 22.5. The molecule has 1 aromatic heterocycles. The Morgan fingerprint density at radius 1 is 1.03 bits per heavy atom. The minimum Gasteiger partial charge on any atom is -0.493 e. The summed E-state index contributed by atoms with van der Waals surface area (Å²) in [4.78, 5) is 33.7. The lowest BCUT2D eigenvalue weighted by Gasteiger charge is -2.11. The molecular formula is C22H23N5O4S. The van der Waals surface area contributed by atoms with Crippen molar-refractivity contribution >= 4 is 40.3 Å². The molecule has 1 aliphatic rings. The van der Waals surface area contributed by atoms with Gasteiger partial charge in [-0.15, -0.1) is 0 Å². The number of carbonyl (C=O) groups excluding carboxylic acids is 2. The smallest absolute Gasteiger partial charge is 0.269 e. The first-order chi connectivity index (χ1) is 15.6. The summed E-state index contributed by atoms with van der Waals surface area (Å²) >= 11 is 1.20. The van der Waals surface area contributed by atoms with Gasteiger partial charge in [0.05, 0.1) is 25.5 Å². The van der Waals surface area contributed by atoms with Gasteiger partial charge in [0.25, 0.3) is 5.91 Å². The molecule has 0 radical (unpaired) electrons. The van der Waals surface area contributed by atoms with Crippen LogP contribution in [-0.4, -0.2) is 47.8 Å². The number of hydrogen-bond acceptors (Lipinski definition) is 8. The lowest BCUT2D eigenvalue weighted by molar-refractivity contribution is -0.119. The fourth-order valence-corrected chi connectivity index (χ4v) is 3.64. The lowest BCUT2D eigenvalue weighted by atomic mass is 10.2. The van der Waals surface area contributed by atoms with Gasteiger partial charge in [-0.25, -0.2) is 9.97 Å². The minimum atomic E-state index is -0.470. The van der Waals surface area contributed by atoms with E-state index < -0.39 is 5.91 Å². The number of hydrazine groups is 1. The SMILES string of the molecule is COc1ccc(C(=O)NNC(=O)CSc2nc(NC3CC3)c3ccccc3n2)cc1OC. The Labute approximate surface area is 189 Å². The predicted octanol–water partition coefficient (Wildman–Crippen LogP) is 2.77. The second kappa shape index (κ2) is 9.73. The van der Waals surface area contributed by atoms with E-state index in [2.05, 4.69) is 26.1 Å². The molecular weight excluding hydrogens is 430 g/mol. The Bertz CT molecular complexity index is 1150. The number of fused-ring (bicyclic) bond motifs is 1. The van der Waals surface area contributed by atoms with Crippen LogP contribution in [0, 0.1) is 0 Å². The normalized spacial score (nSPS) is 12.8. The Hall–Kier alpha value is -3.53. The Kier molecular flexibility index (Phi) is 6.60. The Morgan fingerprint density at radius 2 is 1.81 bits per heavy atom. The van der Waals surface area contributed by atoms with Gasteiger partial charge in [0, 0.05) is 17.0 Å². The van der Waals surface area contributed by atoms with Gasteiger partial charge in [0.2, 0.25) is 5.91 Å². The van der Waals surface area contributed by atoms with Crippen LogP contribution < -0.4 is 25.6 Å². The van der Waals surface area contributed by atoms with Crippen molar-refractivity contribution in [1.29, 1.82) is 0 Å². The third kappa shape index (κ3) is 5.20. The van der Waals surface area contributed by atoms with E-state index in [1.165, 1.54) is 32.0 Å². The number of methoxy groups -OCH3 is 2. The van der Waals surface area contributed by atoms with Crippen LogP contribution >= 0.6 is 11.8 Å². The van der Waals surface area contributed by atoms with Crippen LogP contribution in [0.3, 0.4) is 0 Å². The van der Waals surface area contributed by atoms with E-state index in [9.17, 15) is 9.59 Å². The summed E-state index contributed by atoms with van der Waals surface area (Å²) in [5.41, 5.74) is 5.94. The van der Waals surface area contributed by atoms with Gasteiger partial charge < -0.3 is 14.8 Å². The van der Waals surface area contributed by atoms with Crippen molar-refractivity contribution in [2.45, 2.75) is 24.0 Å². The van der Waals surface area contributed by atoms with E-state index >= 15 is 0 Å². The highest BCUT2D eigenvalue weighted by Crippen LogP contribution is 2.30. The van der Waals surface area contributed by atoms with Gasteiger partial charge in [0.15, 0.2) is 16.7 Å². The van der Waals surface area contributed by atoms with Gasteiger partial charge in [-0.1, -0.05) is 23.9 Å². The maximum absolute atomic E-state index is 12.3. The summed E-state index contributed by atoms with van der Waals surface area (Å²) in [5, 5.41) is 4.87. The summed E-state index contributed by atoms with van der Waals surface area (Å²) in [6, 6.07) is 12.9. The predicted molar refractivity (Wildman–Crippen MR) is 122 cm³/mol. The van der Waals surface area contributed by atoms with Crippen molar-refractivity contribution < 1.29 is 19.1 Å². The van der Waals surface area contributed by atoms with Crippen molar-refractivity contribution in [2.75, 3.05) is 25.3 Å². The molecule has 1 aliphatic carbocycles. The maximum Gasteiger partial charge on any atom is 0.269 e. The summed E-state index contributed by atoms with van der Waals surface area (Å²) in [5.74, 6) is 0.914. The average molecular weight is 454 g/mol. The van der Waals surface area contributed by atoms with E-state index in [0.717, 1.165) is 29.6 Å². The molecule has 9 nitrogen and oxygen atoms in total. The molecule has 4 rings (SSSR count). The minimum absolute atomic E-state index is 0.0490. The van der Waals surface area contributed by atoms with Gasteiger partial charge in [-0.05, 0) is 43.2 Å². The molecule has 1 fully saturated rings. The van der Waals surface area contributed by atoms with Gasteiger partial charge >= 0.3 is 0 Å². The molecule has 0 aliphatic heterocycles. The van der Waals surface area contributed by atoms with E-state index in [1.807, 2.05) is 24.3 Å². The van der Waals surface area contributed by atoms with Crippen LogP contribution in [0.25, 0.3) is 10.9 Å². The number of hydrogen-bond donors (Lipinski definition) is 3. The molecule has 32 heavy (non-hydrogen) atoms. The van der Waals surface area contributed by atoms with Crippen molar-refractivity contribution in [1.82, 2.24) is 20.8 Å². The standard InChI is InChI=1S/C22H23N5O4S/c1-30-17-10-7-13(11-18(17)31-2)21(29)27-26-19(28)12-32-22-24-16-6-4-3-5-15(16)20(25-22)23-14-8-9-14/h3-7,10-11,14H,8-9,12H2,1-2H3,(H,26,28)(H,27,29)(H,23,24,25). The first-order valence-electron chi connectivity index (χ1n) is 10.0. The van der Waals surface area contributed by atoms with Crippen LogP contribution in [0.5, 0.6) is 11.5 Å². The Balaban J connectivity index is 1.35. The van der Waals surface area contributed by atoms with Crippen LogP contribution in [0.1, 0.15) is 23.2 Å². The number of amides is 2. The largest absolute Gasteiger partial charge is 0.493 e. The van der Waals surface area contributed by atoms with E-state index in [1.54, 1.807) is 12.1 Å². The summed E-state index contributed by atoms with van der Waals surface area (Å²) in [7, 11) is 3.00. The van der Waals surface area contributed by atoms with E-state index in [0.29, 0.717) is 28.3 Å². The number of anilines is 1. The molecule has 2 aromatic carbocycles. The number of ether oxygens (including phenoxy) is 2. The number of nitrogens with one attached hydrogen (secondary N) is 3. The second-order valence-corrected chi connectivity index (χ2v) is 8.09. The molecule has 3 aromatic rings. The molecule has 1 saturated carbocycles. The highest BCUT2D eigenvalue weighted by molar-refractivity contribution is 7.99. The summed E-state index contributed by atoms with van der Waals surface area (Å²) in [6.45, 7) is 0. The lowest BCUT2D eigenvalue weighted by Crippen LogP contribution is -2.42. The number of benzene rings is 2. The molecule has 10 heteroatoms. The highest BCUT2D eigenvalue weighted by Gasteiger charge is 2.23. The molecule has 0 saturated heterocycles. The van der Waals surface area contributed by atoms with Crippen molar-refractivity contribution in [3.63, 3.8) is 0 Å². The van der Waals surface area contributed by atoms with Gasteiger partial charge in [-0.3, -0.25) is 20.4 Å². The second-order valence-electron chi connectivity index (χ2n) is 7.15. The molecule has 3 N–H and O–H groups in total. The third-order valence-electron chi connectivity index (χ3n) is 4.79. The average Bonchev–Trinajstić information content (AvgIpc) is 3.64. The van der Waals surface area contributed by atoms with Crippen molar-refractivity contribution in [2.24, 2.45) is 0 Å². The first kappa shape index (κ1) is 21.7. The van der Waals surface area contributed by atoms with Crippen LogP contribution in [0.4, 0.5) is 5.82 Å². The monoisotopic (exact) mass is 453 g/mol. The topological polar surface area (TPSA) is 114 Å². The highest BCUT2D eigenvalue weighted by atomic mass is 32.2. The first-order valence-corrected chi connectivity index (χ1v) is 11.0. The molecule has 0 unspecified atom stereocenters. The number of rotatable bonds is 8. The van der Waals surface area contributed by atoms with Crippen LogP contribution in [-0.2, 0) is 4.79 Å². The van der Waals surface area contributed by atoms with E-state index in [-0.39, 0.29) is 11.7 Å². The molecule has 166 valence electrons. The van der Waals surface area contributed by atoms with Crippen molar-refractivity contribution in [3.05, 3.63) is 48.0 Å². The number of thioether (sulfide) groups is 1. The summed E-state index contributed by atoms with van der Waals surface area (Å²) in [6.07, 6.45) is 2.26. The quantitative estimate of drug-likeness (QED) is 0.271. The van der Waals surface area contributed by atoms with E-state index in [4.69, 9.17) is 9.47 Å². The van der Waals surface area contributed by atoms with Gasteiger partial charge in [0.1, 0.15) is 5.82 Å². The van der Waals surface area contributed by atoms with Crippen molar-refractivity contribution in [3.8, 4) is 11.5 Å². The molecule has 0 atom stereocenters. The zero-order valence-corrected chi connectivity index (χ0v) is 18.5. The van der Waals surface area contributed by atoms with Crippen LogP contribution in [0.15, 0.2) is 47.6 Å². The Morgan fingerprint density at radius 3 is 2.56 bits per heavy atom. The summed E-state index contributed by atoms with van der Waals surface area (Å²) < 4.78 is 10.4. The fourth-order valence-electron chi connectivity index (χ4n) is 2.99. The molecule has 0 bridgehead atoms. The van der Waals surface area contributed by atoms with Gasteiger partial charge in [-0.2, -0.15) is 0 Å². The fraction of sp³-hybridized carbons (Fsp3) is 0.273. The number of para-hydroxylation sites is 1. The zero-order valence-electron chi connectivity index (χ0n) is 17.7. The van der Waals surface area contributed by atoms with Crippen LogP contribution in [0.2, 0.25) is 0 Å². The third-order valence-corrected chi connectivity index (χ3v) is 5.64. The maximum atomic E-state index is 12.3. The number of carbonyl (C=O) groups is 2. The number of nitrogens with zero attached hydrogens (tertiary/aromatic N) is 2. The molecule has 0 spiro atoms.